The van der Waals surface area contributed by atoms with Gasteiger partial charge in [0.15, 0.2) is 17.3 Å². The summed E-state index contributed by atoms with van der Waals surface area (Å²) < 4.78 is 54.5. The smallest absolute Gasteiger partial charge is 0.355 e. The van der Waals surface area contributed by atoms with E-state index in [1.165, 1.54) is 31.3 Å². The fraction of sp³-hybridized carbons (Fsp3) is 0.0952. The Hall–Kier alpha value is -4.53. The van der Waals surface area contributed by atoms with Gasteiger partial charge in [-0.05, 0) is 29.8 Å². The maximum atomic E-state index is 14.2. The number of halogens is 4. The normalized spacial score (nSPS) is 10.9. The lowest BCUT2D eigenvalue weighted by atomic mass is 10.0. The Morgan fingerprint density at radius 3 is 2.55 bits per heavy atom. The second kappa shape index (κ2) is 8.91. The predicted octanol–water partition coefficient (Wildman–Crippen LogP) is 3.55. The molecule has 0 aliphatic heterocycles. The molecule has 3 aromatic rings. The summed E-state index contributed by atoms with van der Waals surface area (Å²) in [6.45, 7) is 3.57. The van der Waals surface area contributed by atoms with Gasteiger partial charge in [0.1, 0.15) is 5.69 Å². The number of pyridine rings is 1. The minimum absolute atomic E-state index is 0.0847. The van der Waals surface area contributed by atoms with E-state index in [1.54, 1.807) is 0 Å². The van der Waals surface area contributed by atoms with Crippen LogP contribution in [0.15, 0.2) is 43.1 Å². The van der Waals surface area contributed by atoms with Crippen molar-refractivity contribution in [1.82, 2.24) is 20.1 Å². The van der Waals surface area contributed by atoms with Gasteiger partial charge in [0.25, 0.3) is 11.8 Å². The van der Waals surface area contributed by atoms with E-state index in [-0.39, 0.29) is 22.4 Å². The number of carbonyl (C=O) groups excluding carboxylic acids is 2. The van der Waals surface area contributed by atoms with Gasteiger partial charge in [-0.1, -0.05) is 12.7 Å². The molecule has 0 saturated heterocycles. The Kier molecular flexibility index (Phi) is 6.25. The molecule has 0 unspecified atom stereocenters. The third-order valence-corrected chi connectivity index (χ3v) is 4.40. The zero-order valence-electron chi connectivity index (χ0n) is 16.9. The lowest BCUT2D eigenvalue weighted by molar-refractivity contribution is -0.141. The van der Waals surface area contributed by atoms with E-state index in [0.717, 1.165) is 12.3 Å². The highest BCUT2D eigenvalue weighted by Gasteiger charge is 2.37. The Bertz CT molecular complexity index is 1310. The van der Waals surface area contributed by atoms with Gasteiger partial charge in [0.2, 0.25) is 0 Å². The van der Waals surface area contributed by atoms with Crippen molar-refractivity contribution in [3.63, 3.8) is 0 Å². The zero-order chi connectivity index (χ0) is 24.3. The van der Waals surface area contributed by atoms with Crippen molar-refractivity contribution in [2.75, 3.05) is 12.4 Å². The fourth-order valence-corrected chi connectivity index (χ4v) is 2.90. The standard InChI is InChI=1S/C21H14F4N6O2/c1-3-12-7-11(10-26)8-13(19(32)27-2)17(12)29-20(33)15-9-16(21(23,24)25)30-31(15)18-14(22)5-4-6-28-18/h3-9H,1H2,2H3,(H,27,32)(H,29,33). The number of nitriles is 1. The molecule has 0 saturated carbocycles. The van der Waals surface area contributed by atoms with Crippen molar-refractivity contribution in [3.8, 4) is 11.9 Å². The largest absolute Gasteiger partial charge is 0.435 e. The number of carbonyl (C=O) groups is 2. The van der Waals surface area contributed by atoms with Crippen molar-refractivity contribution >= 4 is 23.6 Å². The Balaban J connectivity index is 2.17. The molecule has 0 fully saturated rings. The highest BCUT2D eigenvalue weighted by molar-refractivity contribution is 6.10. The number of nitrogens with zero attached hydrogens (tertiary/aromatic N) is 4. The van der Waals surface area contributed by atoms with Crippen LogP contribution in [0.5, 0.6) is 0 Å². The molecule has 2 amide bonds. The van der Waals surface area contributed by atoms with E-state index in [1.807, 2.05) is 6.07 Å². The molecule has 1 aromatic carbocycles. The number of hydrogen-bond acceptors (Lipinski definition) is 5. The highest BCUT2D eigenvalue weighted by Crippen LogP contribution is 2.31. The molecule has 0 bridgehead atoms. The van der Waals surface area contributed by atoms with E-state index in [2.05, 4.69) is 27.3 Å². The van der Waals surface area contributed by atoms with Crippen LogP contribution in [0, 0.1) is 17.1 Å². The third-order valence-electron chi connectivity index (χ3n) is 4.40. The van der Waals surface area contributed by atoms with Gasteiger partial charge in [-0.3, -0.25) is 9.59 Å². The average Bonchev–Trinajstić information content (AvgIpc) is 3.24. The molecule has 0 atom stereocenters. The monoisotopic (exact) mass is 458 g/mol. The minimum Gasteiger partial charge on any atom is -0.355 e. The summed E-state index contributed by atoms with van der Waals surface area (Å²) >= 11 is 0. The molecule has 12 heteroatoms. The van der Waals surface area contributed by atoms with Crippen molar-refractivity contribution in [3.05, 3.63) is 77.0 Å². The van der Waals surface area contributed by atoms with Crippen LogP contribution in [0.2, 0.25) is 0 Å². The van der Waals surface area contributed by atoms with Gasteiger partial charge in [0, 0.05) is 19.3 Å². The average molecular weight is 458 g/mol. The van der Waals surface area contributed by atoms with Crippen LogP contribution >= 0.6 is 0 Å². The first-order valence-corrected chi connectivity index (χ1v) is 9.12. The first kappa shape index (κ1) is 23.1. The topological polar surface area (TPSA) is 113 Å². The zero-order valence-corrected chi connectivity index (χ0v) is 16.9. The summed E-state index contributed by atoms with van der Waals surface area (Å²) in [5.41, 5.74) is -2.15. The third kappa shape index (κ3) is 4.57. The van der Waals surface area contributed by atoms with Gasteiger partial charge in [-0.2, -0.15) is 23.5 Å². The molecule has 2 N–H and O–H groups in total. The fourth-order valence-electron chi connectivity index (χ4n) is 2.90. The molecule has 8 nitrogen and oxygen atoms in total. The summed E-state index contributed by atoms with van der Waals surface area (Å²) in [7, 11) is 1.31. The number of alkyl halides is 3. The molecular formula is C21H14F4N6O2. The Labute approximate surface area is 184 Å². The molecule has 0 spiro atoms. The molecular weight excluding hydrogens is 444 g/mol. The number of rotatable bonds is 5. The SMILES string of the molecule is C=Cc1cc(C#N)cc(C(=O)NC)c1NC(=O)c1cc(C(F)(F)F)nn1-c1ncccc1F. The summed E-state index contributed by atoms with van der Waals surface area (Å²) in [6.07, 6.45) is -2.56. The molecule has 33 heavy (non-hydrogen) atoms. The maximum Gasteiger partial charge on any atom is 0.435 e. The van der Waals surface area contributed by atoms with Crippen molar-refractivity contribution in [2.24, 2.45) is 0 Å². The van der Waals surface area contributed by atoms with Crippen LogP contribution < -0.4 is 10.6 Å². The Morgan fingerprint density at radius 2 is 1.97 bits per heavy atom. The highest BCUT2D eigenvalue weighted by atomic mass is 19.4. The van der Waals surface area contributed by atoms with E-state index in [9.17, 15) is 32.4 Å². The number of nitrogens with one attached hydrogen (secondary N) is 2. The van der Waals surface area contributed by atoms with Crippen LogP contribution in [0.4, 0.5) is 23.2 Å². The molecule has 3 rings (SSSR count). The molecule has 0 aliphatic carbocycles. The molecule has 0 aliphatic rings. The molecule has 2 heterocycles. The van der Waals surface area contributed by atoms with Crippen molar-refractivity contribution < 1.29 is 27.2 Å². The lowest BCUT2D eigenvalue weighted by Gasteiger charge is -2.14. The van der Waals surface area contributed by atoms with Gasteiger partial charge in [-0.15, -0.1) is 0 Å². The Morgan fingerprint density at radius 1 is 1.24 bits per heavy atom. The van der Waals surface area contributed by atoms with Crippen LogP contribution in [-0.2, 0) is 6.18 Å². The second-order valence-corrected chi connectivity index (χ2v) is 6.47. The number of benzene rings is 1. The van der Waals surface area contributed by atoms with Crippen LogP contribution in [0.25, 0.3) is 11.9 Å². The second-order valence-electron chi connectivity index (χ2n) is 6.47. The summed E-state index contributed by atoms with van der Waals surface area (Å²) in [6, 6.07) is 6.97. The maximum absolute atomic E-state index is 14.2. The van der Waals surface area contributed by atoms with Crippen LogP contribution in [0.1, 0.15) is 37.7 Å². The summed E-state index contributed by atoms with van der Waals surface area (Å²) in [5.74, 6) is -3.46. The number of hydrogen-bond donors (Lipinski definition) is 2. The van der Waals surface area contributed by atoms with Gasteiger partial charge >= 0.3 is 6.18 Å². The summed E-state index contributed by atoms with van der Waals surface area (Å²) in [4.78, 5) is 29.0. The van der Waals surface area contributed by atoms with E-state index < -0.39 is 41.0 Å². The van der Waals surface area contributed by atoms with Crippen molar-refractivity contribution in [2.45, 2.75) is 6.18 Å². The van der Waals surface area contributed by atoms with Crippen molar-refractivity contribution in [1.29, 1.82) is 5.26 Å². The van der Waals surface area contributed by atoms with E-state index in [4.69, 9.17) is 0 Å². The van der Waals surface area contributed by atoms with Gasteiger partial charge in [-0.25, -0.2) is 14.1 Å². The van der Waals surface area contributed by atoms with Crippen LogP contribution in [0.3, 0.4) is 0 Å². The quantitative estimate of drug-likeness (QED) is 0.568. The lowest BCUT2D eigenvalue weighted by Crippen LogP contribution is -2.24. The van der Waals surface area contributed by atoms with Gasteiger partial charge in [0.05, 0.1) is 22.9 Å². The first-order chi connectivity index (χ1) is 15.6. The molecule has 2 aromatic heterocycles. The number of aromatic nitrogens is 3. The molecule has 0 radical (unpaired) electrons. The van der Waals surface area contributed by atoms with Gasteiger partial charge < -0.3 is 10.6 Å². The minimum atomic E-state index is -4.93. The molecule has 168 valence electrons. The number of amides is 2. The van der Waals surface area contributed by atoms with E-state index in [0.29, 0.717) is 10.7 Å². The predicted molar refractivity (Wildman–Crippen MR) is 109 cm³/mol. The van der Waals surface area contributed by atoms with E-state index >= 15 is 0 Å². The number of anilines is 1. The van der Waals surface area contributed by atoms with Crippen LogP contribution in [-0.4, -0.2) is 33.6 Å². The first-order valence-electron chi connectivity index (χ1n) is 9.12. The summed E-state index contributed by atoms with van der Waals surface area (Å²) in [5, 5.41) is 17.2.